The molecule has 98 valence electrons. The van der Waals surface area contributed by atoms with E-state index in [1.807, 2.05) is 12.1 Å². The standard InChI is InChI=1S/C16H17NO2/c18-9-7-11-3-1-5-13-15(11)16-12(8-10-19)4-2-6-14(16)17-13/h1-6,17-19H,7-10H2. The maximum atomic E-state index is 9.21. The lowest BCUT2D eigenvalue weighted by Crippen LogP contribution is -1.94. The van der Waals surface area contributed by atoms with Gasteiger partial charge in [-0.05, 0) is 36.1 Å². The minimum absolute atomic E-state index is 0.147. The molecule has 3 N–H and O–H groups in total. The van der Waals surface area contributed by atoms with Crippen LogP contribution in [0.3, 0.4) is 0 Å². The van der Waals surface area contributed by atoms with Crippen molar-refractivity contribution in [3.8, 4) is 0 Å². The number of hydrogen-bond acceptors (Lipinski definition) is 2. The van der Waals surface area contributed by atoms with Crippen LogP contribution < -0.4 is 0 Å². The summed E-state index contributed by atoms with van der Waals surface area (Å²) in [6, 6.07) is 12.2. The number of aliphatic hydroxyl groups is 2. The largest absolute Gasteiger partial charge is 0.396 e. The lowest BCUT2D eigenvalue weighted by Gasteiger charge is -2.05. The number of aromatic amines is 1. The van der Waals surface area contributed by atoms with Crippen LogP contribution in [0, 0.1) is 0 Å². The van der Waals surface area contributed by atoms with Gasteiger partial charge < -0.3 is 15.2 Å². The van der Waals surface area contributed by atoms with Crippen molar-refractivity contribution in [3.63, 3.8) is 0 Å². The zero-order valence-electron chi connectivity index (χ0n) is 10.7. The molecule has 3 heteroatoms. The monoisotopic (exact) mass is 255 g/mol. The molecule has 3 rings (SSSR count). The molecule has 0 aliphatic rings. The van der Waals surface area contributed by atoms with Crippen molar-refractivity contribution in [2.24, 2.45) is 0 Å². The maximum absolute atomic E-state index is 9.21. The summed E-state index contributed by atoms with van der Waals surface area (Å²) in [7, 11) is 0. The van der Waals surface area contributed by atoms with Crippen molar-refractivity contribution in [3.05, 3.63) is 47.5 Å². The third kappa shape index (κ3) is 2.01. The van der Waals surface area contributed by atoms with Crippen LogP contribution in [-0.2, 0) is 12.8 Å². The summed E-state index contributed by atoms with van der Waals surface area (Å²) in [5, 5.41) is 20.8. The van der Waals surface area contributed by atoms with Gasteiger partial charge in [-0.1, -0.05) is 24.3 Å². The molecular formula is C16H17NO2. The molecule has 0 aliphatic carbocycles. The lowest BCUT2D eigenvalue weighted by molar-refractivity contribution is 0.299. The van der Waals surface area contributed by atoms with Gasteiger partial charge in [-0.2, -0.15) is 0 Å². The molecule has 1 aromatic heterocycles. The second-order valence-corrected chi connectivity index (χ2v) is 4.75. The fourth-order valence-electron chi connectivity index (χ4n) is 2.80. The minimum Gasteiger partial charge on any atom is -0.396 e. The lowest BCUT2D eigenvalue weighted by atomic mass is 9.99. The van der Waals surface area contributed by atoms with E-state index in [1.54, 1.807) is 0 Å². The van der Waals surface area contributed by atoms with Gasteiger partial charge in [-0.3, -0.25) is 0 Å². The molecule has 0 fully saturated rings. The number of H-pyrrole nitrogens is 1. The van der Waals surface area contributed by atoms with E-state index >= 15 is 0 Å². The average molecular weight is 255 g/mol. The Kier molecular flexibility index (Phi) is 3.23. The molecule has 0 bridgehead atoms. The molecule has 0 spiro atoms. The molecule has 3 nitrogen and oxygen atoms in total. The molecular weight excluding hydrogens is 238 g/mol. The van der Waals surface area contributed by atoms with E-state index < -0.39 is 0 Å². The van der Waals surface area contributed by atoms with E-state index in [-0.39, 0.29) is 13.2 Å². The zero-order valence-corrected chi connectivity index (χ0v) is 10.7. The van der Waals surface area contributed by atoms with Gasteiger partial charge in [-0.25, -0.2) is 0 Å². The summed E-state index contributed by atoms with van der Waals surface area (Å²) in [6.45, 7) is 0.294. The van der Waals surface area contributed by atoms with E-state index in [0.29, 0.717) is 12.8 Å². The van der Waals surface area contributed by atoms with Crippen molar-refractivity contribution < 1.29 is 10.2 Å². The Labute approximate surface area is 111 Å². The number of rotatable bonds is 4. The number of fused-ring (bicyclic) bond motifs is 3. The Morgan fingerprint density at radius 2 is 1.21 bits per heavy atom. The number of benzene rings is 2. The predicted octanol–water partition coefficient (Wildman–Crippen LogP) is 2.39. The molecule has 0 radical (unpaired) electrons. The quantitative estimate of drug-likeness (QED) is 0.670. The van der Waals surface area contributed by atoms with Gasteiger partial charge in [0.05, 0.1) is 0 Å². The summed E-state index contributed by atoms with van der Waals surface area (Å²) in [4.78, 5) is 3.41. The molecule has 1 heterocycles. The van der Waals surface area contributed by atoms with Crippen molar-refractivity contribution in [1.29, 1.82) is 0 Å². The molecule has 19 heavy (non-hydrogen) atoms. The SMILES string of the molecule is OCCc1cccc2[nH]c3cccc(CCO)c3c12. The normalized spacial score (nSPS) is 11.5. The first-order chi connectivity index (χ1) is 9.35. The number of hydrogen-bond donors (Lipinski definition) is 3. The van der Waals surface area contributed by atoms with Crippen LogP contribution in [0.5, 0.6) is 0 Å². The number of aliphatic hydroxyl groups excluding tert-OH is 2. The smallest absolute Gasteiger partial charge is 0.0471 e. The van der Waals surface area contributed by atoms with Crippen LogP contribution in [0.2, 0.25) is 0 Å². The third-order valence-corrected chi connectivity index (χ3v) is 3.58. The van der Waals surface area contributed by atoms with Gasteiger partial charge >= 0.3 is 0 Å². The Balaban J connectivity index is 2.37. The van der Waals surface area contributed by atoms with E-state index in [2.05, 4.69) is 29.2 Å². The van der Waals surface area contributed by atoms with Crippen LogP contribution in [0.15, 0.2) is 36.4 Å². The van der Waals surface area contributed by atoms with Gasteiger partial charge in [0, 0.05) is 35.0 Å². The first-order valence-electron chi connectivity index (χ1n) is 6.58. The zero-order chi connectivity index (χ0) is 13.2. The molecule has 0 aliphatic heterocycles. The van der Waals surface area contributed by atoms with Crippen LogP contribution >= 0.6 is 0 Å². The predicted molar refractivity (Wildman–Crippen MR) is 77.4 cm³/mol. The highest BCUT2D eigenvalue weighted by Gasteiger charge is 2.11. The molecule has 3 aromatic rings. The summed E-state index contributed by atoms with van der Waals surface area (Å²) >= 11 is 0. The Morgan fingerprint density at radius 3 is 1.63 bits per heavy atom. The van der Waals surface area contributed by atoms with Crippen LogP contribution in [0.25, 0.3) is 21.8 Å². The topological polar surface area (TPSA) is 56.2 Å². The number of nitrogens with one attached hydrogen (secondary N) is 1. The molecule has 2 aromatic carbocycles. The van der Waals surface area contributed by atoms with Gasteiger partial charge in [0.25, 0.3) is 0 Å². The summed E-state index contributed by atoms with van der Waals surface area (Å²) in [5.74, 6) is 0. The highest BCUT2D eigenvalue weighted by atomic mass is 16.3. The van der Waals surface area contributed by atoms with Gasteiger partial charge in [0.1, 0.15) is 0 Å². The van der Waals surface area contributed by atoms with Gasteiger partial charge in [0.2, 0.25) is 0 Å². The van der Waals surface area contributed by atoms with E-state index in [0.717, 1.165) is 22.2 Å². The van der Waals surface area contributed by atoms with E-state index in [9.17, 15) is 10.2 Å². The third-order valence-electron chi connectivity index (χ3n) is 3.58. The summed E-state index contributed by atoms with van der Waals surface area (Å²) in [6.07, 6.45) is 1.30. The molecule has 0 saturated carbocycles. The van der Waals surface area contributed by atoms with E-state index in [4.69, 9.17) is 0 Å². The van der Waals surface area contributed by atoms with Crippen molar-refractivity contribution in [2.75, 3.05) is 13.2 Å². The molecule has 0 saturated heterocycles. The Hall–Kier alpha value is -1.84. The van der Waals surface area contributed by atoms with Crippen LogP contribution in [-0.4, -0.2) is 28.4 Å². The highest BCUT2D eigenvalue weighted by Crippen LogP contribution is 2.31. The van der Waals surface area contributed by atoms with Gasteiger partial charge in [-0.15, -0.1) is 0 Å². The van der Waals surface area contributed by atoms with Crippen molar-refractivity contribution in [1.82, 2.24) is 4.98 Å². The number of aromatic nitrogens is 1. The second kappa shape index (κ2) is 5.03. The average Bonchev–Trinajstić information content (AvgIpc) is 2.80. The van der Waals surface area contributed by atoms with Crippen molar-refractivity contribution >= 4 is 21.8 Å². The summed E-state index contributed by atoms with van der Waals surface area (Å²) < 4.78 is 0. The van der Waals surface area contributed by atoms with Crippen LogP contribution in [0.4, 0.5) is 0 Å². The van der Waals surface area contributed by atoms with Crippen molar-refractivity contribution in [2.45, 2.75) is 12.8 Å². The fourth-order valence-corrected chi connectivity index (χ4v) is 2.80. The molecule has 0 unspecified atom stereocenters. The maximum Gasteiger partial charge on any atom is 0.0471 e. The van der Waals surface area contributed by atoms with Gasteiger partial charge in [0.15, 0.2) is 0 Å². The second-order valence-electron chi connectivity index (χ2n) is 4.75. The highest BCUT2D eigenvalue weighted by molar-refractivity contribution is 6.10. The Morgan fingerprint density at radius 1 is 0.737 bits per heavy atom. The minimum atomic E-state index is 0.147. The van der Waals surface area contributed by atoms with E-state index in [1.165, 1.54) is 10.8 Å². The fraction of sp³-hybridized carbons (Fsp3) is 0.250. The molecule has 0 amide bonds. The van der Waals surface area contributed by atoms with Crippen LogP contribution in [0.1, 0.15) is 11.1 Å². The first-order valence-corrected chi connectivity index (χ1v) is 6.58. The Bertz CT molecular complexity index is 655. The summed E-state index contributed by atoms with van der Waals surface area (Å²) in [5.41, 5.74) is 4.48. The first kappa shape index (κ1) is 12.2. The molecule has 0 atom stereocenters.